The summed E-state index contributed by atoms with van der Waals surface area (Å²) in [6, 6.07) is 14.3. The highest BCUT2D eigenvalue weighted by Crippen LogP contribution is 2.39. The Hall–Kier alpha value is -3.23. The molecule has 6 rings (SSSR count). The molecule has 2 fully saturated rings. The molecule has 198 valence electrons. The largest absolute Gasteiger partial charge is 0.388 e. The van der Waals surface area contributed by atoms with E-state index in [2.05, 4.69) is 40.7 Å². The van der Waals surface area contributed by atoms with Crippen molar-refractivity contribution in [2.24, 2.45) is 5.92 Å². The van der Waals surface area contributed by atoms with Crippen LogP contribution in [0, 0.1) is 5.92 Å². The molecule has 1 aromatic carbocycles. The SMILES string of the molecule is O=C(C1CCCCC1c1ccccc1)N1CCC(O)(Cn2cnc3c(ccn3Cc3ccsc3)c2=O)CC1. The Labute approximate surface area is 226 Å². The number of nitrogens with zero attached hydrogens (tertiary/aromatic N) is 4. The quantitative estimate of drug-likeness (QED) is 0.394. The van der Waals surface area contributed by atoms with Gasteiger partial charge in [0.25, 0.3) is 5.56 Å². The number of amides is 1. The molecular weight excluding hydrogens is 496 g/mol. The summed E-state index contributed by atoms with van der Waals surface area (Å²) in [6.45, 7) is 1.87. The van der Waals surface area contributed by atoms with E-state index in [1.807, 2.05) is 33.2 Å². The Morgan fingerprint density at radius 1 is 1.05 bits per heavy atom. The van der Waals surface area contributed by atoms with E-state index in [4.69, 9.17) is 0 Å². The van der Waals surface area contributed by atoms with Gasteiger partial charge in [0, 0.05) is 31.7 Å². The number of piperidine rings is 1. The Morgan fingerprint density at radius 2 is 1.84 bits per heavy atom. The van der Waals surface area contributed by atoms with Crippen LogP contribution in [0.4, 0.5) is 0 Å². The van der Waals surface area contributed by atoms with Crippen LogP contribution in [-0.2, 0) is 17.9 Å². The third-order valence-corrected chi connectivity index (χ3v) is 9.19. The molecule has 1 aliphatic heterocycles. The van der Waals surface area contributed by atoms with Crippen molar-refractivity contribution in [3.63, 3.8) is 0 Å². The molecule has 2 aliphatic rings. The van der Waals surface area contributed by atoms with Gasteiger partial charge >= 0.3 is 0 Å². The fourth-order valence-electron chi connectivity index (χ4n) is 6.30. The number of fused-ring (bicyclic) bond motifs is 1. The van der Waals surface area contributed by atoms with E-state index in [1.54, 1.807) is 17.7 Å². The minimum absolute atomic E-state index is 0.00434. The first-order chi connectivity index (χ1) is 18.5. The van der Waals surface area contributed by atoms with Crippen LogP contribution >= 0.6 is 11.3 Å². The average molecular weight is 531 g/mol. The number of aromatic nitrogens is 3. The van der Waals surface area contributed by atoms with Crippen LogP contribution < -0.4 is 5.56 Å². The average Bonchev–Trinajstić information content (AvgIpc) is 3.62. The highest BCUT2D eigenvalue weighted by molar-refractivity contribution is 7.07. The van der Waals surface area contributed by atoms with Crippen molar-refractivity contribution < 1.29 is 9.90 Å². The van der Waals surface area contributed by atoms with Crippen LogP contribution in [0.15, 0.2) is 70.5 Å². The maximum Gasteiger partial charge on any atom is 0.262 e. The number of hydrogen-bond donors (Lipinski definition) is 1. The maximum atomic E-state index is 13.6. The first-order valence-electron chi connectivity index (χ1n) is 13.6. The van der Waals surface area contributed by atoms with E-state index in [-0.39, 0.29) is 29.8 Å². The normalized spacial score (nSPS) is 21.6. The topological polar surface area (TPSA) is 80.4 Å². The molecule has 4 heterocycles. The molecule has 4 aromatic rings. The minimum atomic E-state index is -1.04. The lowest BCUT2D eigenvalue weighted by Crippen LogP contribution is -2.51. The van der Waals surface area contributed by atoms with Gasteiger partial charge in [-0.15, -0.1) is 0 Å². The summed E-state index contributed by atoms with van der Waals surface area (Å²) in [5.41, 5.74) is 1.91. The number of likely N-dealkylation sites (tertiary alicyclic amines) is 1. The molecule has 2 unspecified atom stereocenters. The van der Waals surface area contributed by atoms with Crippen LogP contribution in [-0.4, -0.2) is 48.7 Å². The molecule has 2 atom stereocenters. The summed E-state index contributed by atoms with van der Waals surface area (Å²) >= 11 is 1.65. The molecule has 1 saturated heterocycles. The molecule has 1 amide bonds. The van der Waals surface area contributed by atoms with Crippen LogP contribution in [0.5, 0.6) is 0 Å². The lowest BCUT2D eigenvalue weighted by Gasteiger charge is -2.41. The van der Waals surface area contributed by atoms with E-state index >= 15 is 0 Å². The summed E-state index contributed by atoms with van der Waals surface area (Å²) in [7, 11) is 0. The van der Waals surface area contributed by atoms with Crippen molar-refractivity contribution in [3.05, 3.63) is 87.2 Å². The number of aliphatic hydroxyl groups is 1. The molecule has 0 radical (unpaired) electrons. The zero-order valence-corrected chi connectivity index (χ0v) is 22.4. The Morgan fingerprint density at radius 3 is 2.61 bits per heavy atom. The van der Waals surface area contributed by atoms with Gasteiger partial charge in [-0.1, -0.05) is 43.2 Å². The molecule has 1 N–H and O–H groups in total. The molecule has 1 saturated carbocycles. The Balaban J connectivity index is 1.13. The molecule has 38 heavy (non-hydrogen) atoms. The summed E-state index contributed by atoms with van der Waals surface area (Å²) in [6.07, 6.45) is 8.57. The third-order valence-electron chi connectivity index (χ3n) is 8.46. The van der Waals surface area contributed by atoms with E-state index in [0.29, 0.717) is 43.5 Å². The summed E-state index contributed by atoms with van der Waals surface area (Å²) in [5, 5.41) is 16.1. The van der Waals surface area contributed by atoms with Crippen molar-refractivity contribution in [2.45, 2.75) is 63.1 Å². The van der Waals surface area contributed by atoms with Gasteiger partial charge in [0.1, 0.15) is 12.0 Å². The number of rotatable bonds is 6. The van der Waals surface area contributed by atoms with Crippen LogP contribution in [0.1, 0.15) is 55.6 Å². The van der Waals surface area contributed by atoms with Crippen molar-refractivity contribution in [1.82, 2.24) is 19.0 Å². The van der Waals surface area contributed by atoms with Crippen molar-refractivity contribution in [1.29, 1.82) is 0 Å². The second kappa shape index (κ2) is 10.5. The van der Waals surface area contributed by atoms with Gasteiger partial charge in [-0.3, -0.25) is 14.2 Å². The Kier molecular flexibility index (Phi) is 6.93. The van der Waals surface area contributed by atoms with Gasteiger partial charge < -0.3 is 14.6 Å². The molecule has 8 heteroatoms. The van der Waals surface area contributed by atoms with Crippen LogP contribution in [0.25, 0.3) is 11.0 Å². The number of carbonyl (C=O) groups is 1. The smallest absolute Gasteiger partial charge is 0.262 e. The van der Waals surface area contributed by atoms with Crippen LogP contribution in [0.2, 0.25) is 0 Å². The van der Waals surface area contributed by atoms with Gasteiger partial charge in [-0.25, -0.2) is 4.98 Å². The second-order valence-electron chi connectivity index (χ2n) is 10.9. The standard InChI is InChI=1S/C30H34N4O3S/c35-28(25-9-5-4-8-24(25)23-6-2-1-3-7-23)32-15-12-30(37,13-16-32)20-34-21-31-27-26(29(34)36)10-14-33(27)18-22-11-17-38-19-22/h1-3,6-7,10-11,14,17,19,21,24-25,37H,4-5,8-9,12-13,15-16,18,20H2. The zero-order valence-electron chi connectivity index (χ0n) is 21.5. The molecule has 7 nitrogen and oxygen atoms in total. The summed E-state index contributed by atoms with van der Waals surface area (Å²) in [4.78, 5) is 33.4. The van der Waals surface area contributed by atoms with E-state index in [9.17, 15) is 14.7 Å². The second-order valence-corrected chi connectivity index (χ2v) is 11.7. The number of carbonyl (C=O) groups excluding carboxylic acids is 1. The predicted octanol–water partition coefficient (Wildman–Crippen LogP) is 4.64. The summed E-state index contributed by atoms with van der Waals surface area (Å²) in [5.74, 6) is 0.485. The van der Waals surface area contributed by atoms with Crippen molar-refractivity contribution in [3.8, 4) is 0 Å². The van der Waals surface area contributed by atoms with E-state index < -0.39 is 5.60 Å². The van der Waals surface area contributed by atoms with Crippen molar-refractivity contribution in [2.75, 3.05) is 13.1 Å². The fourth-order valence-corrected chi connectivity index (χ4v) is 6.96. The lowest BCUT2D eigenvalue weighted by atomic mass is 9.74. The molecule has 3 aromatic heterocycles. The zero-order chi connectivity index (χ0) is 26.1. The Bertz CT molecular complexity index is 1450. The van der Waals surface area contributed by atoms with E-state index in [1.165, 1.54) is 15.7 Å². The first-order valence-corrected chi connectivity index (χ1v) is 14.6. The van der Waals surface area contributed by atoms with Gasteiger partial charge in [-0.2, -0.15) is 11.3 Å². The maximum absolute atomic E-state index is 13.6. The van der Waals surface area contributed by atoms with Crippen LogP contribution in [0.3, 0.4) is 0 Å². The van der Waals surface area contributed by atoms with Gasteiger partial charge in [0.05, 0.1) is 17.5 Å². The lowest BCUT2D eigenvalue weighted by molar-refractivity contribution is -0.142. The predicted molar refractivity (Wildman–Crippen MR) is 149 cm³/mol. The van der Waals surface area contributed by atoms with Crippen molar-refractivity contribution >= 4 is 28.3 Å². The molecule has 1 aliphatic carbocycles. The molecule has 0 bridgehead atoms. The monoisotopic (exact) mass is 530 g/mol. The van der Waals surface area contributed by atoms with E-state index in [0.717, 1.165) is 25.7 Å². The fraction of sp³-hybridized carbons (Fsp3) is 0.433. The first kappa shape index (κ1) is 25.1. The molecule has 0 spiro atoms. The minimum Gasteiger partial charge on any atom is -0.388 e. The highest BCUT2D eigenvalue weighted by Gasteiger charge is 2.39. The summed E-state index contributed by atoms with van der Waals surface area (Å²) < 4.78 is 3.51. The van der Waals surface area contributed by atoms with Gasteiger partial charge in [0.15, 0.2) is 0 Å². The number of thiophene rings is 1. The van der Waals surface area contributed by atoms with Gasteiger partial charge in [-0.05, 0) is 65.6 Å². The highest BCUT2D eigenvalue weighted by atomic mass is 32.1. The third kappa shape index (κ3) is 4.95. The number of benzene rings is 1. The number of hydrogen-bond acceptors (Lipinski definition) is 5. The van der Waals surface area contributed by atoms with Gasteiger partial charge in [0.2, 0.25) is 5.91 Å². The molecular formula is C30H34N4O3S.